The molecule has 2 aromatic heterocycles. The molecule has 1 aliphatic heterocycles. The average Bonchev–Trinajstić information content (AvgIpc) is 2.70. The second-order valence-electron chi connectivity index (χ2n) is 6.26. The van der Waals surface area contributed by atoms with Gasteiger partial charge in [-0.15, -0.1) is 0 Å². The first-order chi connectivity index (χ1) is 13.3. The molecule has 3 aromatic rings. The zero-order chi connectivity index (χ0) is 18.5. The molecule has 4 rings (SSSR count). The van der Waals surface area contributed by atoms with E-state index in [2.05, 4.69) is 30.9 Å². The van der Waals surface area contributed by atoms with E-state index in [1.807, 2.05) is 30.3 Å². The summed E-state index contributed by atoms with van der Waals surface area (Å²) in [6, 6.07) is 13.1. The molecule has 4 bridgehead atoms. The third kappa shape index (κ3) is 4.03. The molecule has 0 unspecified atom stereocenters. The van der Waals surface area contributed by atoms with Gasteiger partial charge in [0.1, 0.15) is 5.82 Å². The molecule has 0 atom stereocenters. The predicted molar refractivity (Wildman–Crippen MR) is 105 cm³/mol. The molecule has 0 spiro atoms. The third-order valence-corrected chi connectivity index (χ3v) is 4.30. The standard InChI is InChI=1S/C20H20N6O/c27-19-14-5-3-6-15(13-14)25-20-24-12-8-17(26-20)16-7-4-11-22-18(16)21-9-1-2-10-23-19/h3-8,11-13H,1-2,9-10H2,(H,21,22)(H,23,27)(H,24,25,26). The van der Waals surface area contributed by atoms with Crippen molar-refractivity contribution in [1.82, 2.24) is 20.3 Å². The zero-order valence-corrected chi connectivity index (χ0v) is 14.8. The fraction of sp³-hybridized carbons (Fsp3) is 0.200. The van der Waals surface area contributed by atoms with Crippen molar-refractivity contribution >= 4 is 23.4 Å². The van der Waals surface area contributed by atoms with Crippen molar-refractivity contribution < 1.29 is 4.79 Å². The van der Waals surface area contributed by atoms with Gasteiger partial charge < -0.3 is 16.0 Å². The Bertz CT molecular complexity index is 958. The highest BCUT2D eigenvalue weighted by atomic mass is 16.1. The molecule has 7 heteroatoms. The number of amides is 1. The minimum Gasteiger partial charge on any atom is -0.370 e. The maximum absolute atomic E-state index is 12.3. The summed E-state index contributed by atoms with van der Waals surface area (Å²) >= 11 is 0. The number of anilines is 3. The van der Waals surface area contributed by atoms with Crippen molar-refractivity contribution in [1.29, 1.82) is 0 Å². The van der Waals surface area contributed by atoms with Gasteiger partial charge in [-0.3, -0.25) is 4.79 Å². The lowest BCUT2D eigenvalue weighted by Crippen LogP contribution is -2.25. The van der Waals surface area contributed by atoms with Gasteiger partial charge in [-0.25, -0.2) is 15.0 Å². The fourth-order valence-corrected chi connectivity index (χ4v) is 2.95. The maximum atomic E-state index is 12.3. The first-order valence-corrected chi connectivity index (χ1v) is 8.97. The van der Waals surface area contributed by atoms with Crippen LogP contribution < -0.4 is 16.0 Å². The molecule has 0 radical (unpaired) electrons. The summed E-state index contributed by atoms with van der Waals surface area (Å²) < 4.78 is 0. The molecule has 0 saturated carbocycles. The Labute approximate surface area is 157 Å². The Balaban J connectivity index is 1.72. The van der Waals surface area contributed by atoms with E-state index in [0.29, 0.717) is 18.1 Å². The number of rotatable bonds is 0. The van der Waals surface area contributed by atoms with E-state index in [4.69, 9.17) is 0 Å². The second-order valence-corrected chi connectivity index (χ2v) is 6.26. The molecule has 136 valence electrons. The number of pyridine rings is 1. The molecule has 0 aliphatic carbocycles. The van der Waals surface area contributed by atoms with E-state index in [9.17, 15) is 4.79 Å². The van der Waals surface area contributed by atoms with Crippen LogP contribution in [0, 0.1) is 0 Å². The van der Waals surface area contributed by atoms with Crippen LogP contribution in [-0.2, 0) is 0 Å². The summed E-state index contributed by atoms with van der Waals surface area (Å²) in [5.74, 6) is 1.17. The lowest BCUT2D eigenvalue weighted by Gasteiger charge is -2.13. The monoisotopic (exact) mass is 360 g/mol. The van der Waals surface area contributed by atoms with Gasteiger partial charge in [-0.05, 0) is 49.2 Å². The summed E-state index contributed by atoms with van der Waals surface area (Å²) in [6.07, 6.45) is 5.28. The lowest BCUT2D eigenvalue weighted by atomic mass is 10.1. The highest BCUT2D eigenvalue weighted by Crippen LogP contribution is 2.25. The largest absolute Gasteiger partial charge is 0.370 e. The first-order valence-electron chi connectivity index (χ1n) is 8.97. The van der Waals surface area contributed by atoms with Crippen LogP contribution in [0.25, 0.3) is 11.3 Å². The van der Waals surface area contributed by atoms with E-state index in [0.717, 1.165) is 42.1 Å². The first kappa shape index (κ1) is 17.0. The third-order valence-electron chi connectivity index (χ3n) is 4.30. The van der Waals surface area contributed by atoms with Crippen LogP contribution in [0.4, 0.5) is 17.5 Å². The number of nitrogens with zero attached hydrogens (tertiary/aromatic N) is 3. The number of aromatic nitrogens is 3. The summed E-state index contributed by atoms with van der Waals surface area (Å²) in [5.41, 5.74) is 3.08. The van der Waals surface area contributed by atoms with E-state index < -0.39 is 0 Å². The van der Waals surface area contributed by atoms with Gasteiger partial charge in [0, 0.05) is 42.3 Å². The average molecular weight is 360 g/mol. The van der Waals surface area contributed by atoms with Crippen molar-refractivity contribution in [2.75, 3.05) is 23.7 Å². The number of nitrogens with one attached hydrogen (secondary N) is 3. The molecule has 0 saturated heterocycles. The molecule has 0 fully saturated rings. The molecule has 3 heterocycles. The van der Waals surface area contributed by atoms with Crippen LogP contribution in [0.5, 0.6) is 0 Å². The van der Waals surface area contributed by atoms with E-state index in [1.165, 1.54) is 0 Å². The molecular formula is C20H20N6O. The SMILES string of the molecule is O=C1NCCCCNc2ncccc2-c2ccnc(n2)Nc2cccc1c2. The van der Waals surface area contributed by atoms with E-state index >= 15 is 0 Å². The topological polar surface area (TPSA) is 91.8 Å². The van der Waals surface area contributed by atoms with Gasteiger partial charge in [0.15, 0.2) is 0 Å². The van der Waals surface area contributed by atoms with Crippen LogP contribution in [0.2, 0.25) is 0 Å². The summed E-state index contributed by atoms with van der Waals surface area (Å²) in [6.45, 7) is 1.40. The number of carbonyl (C=O) groups excluding carboxylic acids is 1. The second kappa shape index (κ2) is 7.82. The van der Waals surface area contributed by atoms with E-state index in [-0.39, 0.29) is 5.91 Å². The molecule has 27 heavy (non-hydrogen) atoms. The zero-order valence-electron chi connectivity index (χ0n) is 14.8. The van der Waals surface area contributed by atoms with Gasteiger partial charge in [0.25, 0.3) is 5.91 Å². The van der Waals surface area contributed by atoms with Crippen LogP contribution >= 0.6 is 0 Å². The predicted octanol–water partition coefficient (Wildman–Crippen LogP) is 3.22. The Morgan fingerprint density at radius 1 is 0.889 bits per heavy atom. The summed E-state index contributed by atoms with van der Waals surface area (Å²) in [7, 11) is 0. The number of hydrogen-bond donors (Lipinski definition) is 3. The minimum absolute atomic E-state index is 0.0830. The normalized spacial score (nSPS) is 14.3. The Kier molecular flexibility index (Phi) is 4.91. The Morgan fingerprint density at radius 2 is 1.78 bits per heavy atom. The number of benzene rings is 1. The van der Waals surface area contributed by atoms with Gasteiger partial charge in [0.05, 0.1) is 5.69 Å². The van der Waals surface area contributed by atoms with Crippen LogP contribution in [0.3, 0.4) is 0 Å². The lowest BCUT2D eigenvalue weighted by molar-refractivity contribution is 0.0953. The van der Waals surface area contributed by atoms with Gasteiger partial charge in [0.2, 0.25) is 5.95 Å². The van der Waals surface area contributed by atoms with Crippen molar-refractivity contribution in [3.63, 3.8) is 0 Å². The highest BCUT2D eigenvalue weighted by molar-refractivity contribution is 5.95. The van der Waals surface area contributed by atoms with Gasteiger partial charge in [-0.1, -0.05) is 6.07 Å². The van der Waals surface area contributed by atoms with Crippen molar-refractivity contribution in [3.05, 3.63) is 60.4 Å². The molecular weight excluding hydrogens is 340 g/mol. The molecule has 1 amide bonds. The molecule has 7 nitrogen and oxygen atoms in total. The number of hydrogen-bond acceptors (Lipinski definition) is 6. The van der Waals surface area contributed by atoms with Gasteiger partial charge >= 0.3 is 0 Å². The van der Waals surface area contributed by atoms with Crippen LogP contribution in [0.1, 0.15) is 23.2 Å². The number of fused-ring (bicyclic) bond motifs is 6. The fourth-order valence-electron chi connectivity index (χ4n) is 2.95. The Hall–Kier alpha value is -3.48. The maximum Gasteiger partial charge on any atom is 0.251 e. The summed E-state index contributed by atoms with van der Waals surface area (Å²) in [5, 5.41) is 9.50. The van der Waals surface area contributed by atoms with E-state index in [1.54, 1.807) is 24.5 Å². The molecule has 1 aliphatic rings. The Morgan fingerprint density at radius 3 is 2.70 bits per heavy atom. The summed E-state index contributed by atoms with van der Waals surface area (Å²) in [4.78, 5) is 25.7. The minimum atomic E-state index is -0.0830. The quantitative estimate of drug-likeness (QED) is 0.570. The van der Waals surface area contributed by atoms with Crippen molar-refractivity contribution in [2.24, 2.45) is 0 Å². The van der Waals surface area contributed by atoms with Gasteiger partial charge in [-0.2, -0.15) is 0 Å². The van der Waals surface area contributed by atoms with Crippen molar-refractivity contribution in [2.45, 2.75) is 12.8 Å². The van der Waals surface area contributed by atoms with Crippen molar-refractivity contribution in [3.8, 4) is 11.3 Å². The van der Waals surface area contributed by atoms with Crippen LogP contribution in [-0.4, -0.2) is 33.9 Å². The smallest absolute Gasteiger partial charge is 0.251 e. The highest BCUT2D eigenvalue weighted by Gasteiger charge is 2.11. The van der Waals surface area contributed by atoms with Crippen LogP contribution in [0.15, 0.2) is 54.9 Å². The number of carbonyl (C=O) groups is 1. The molecule has 1 aromatic carbocycles. The molecule has 3 N–H and O–H groups in total.